The number of rotatable bonds is 7. The van der Waals surface area contributed by atoms with Crippen molar-refractivity contribution in [3.8, 4) is 22.6 Å². The van der Waals surface area contributed by atoms with E-state index in [1.165, 1.54) is 12.8 Å². The third kappa shape index (κ3) is 5.00. The van der Waals surface area contributed by atoms with E-state index in [4.69, 9.17) is 15.2 Å². The molecule has 1 aromatic carbocycles. The summed E-state index contributed by atoms with van der Waals surface area (Å²) in [5.74, 6) is 2.10. The van der Waals surface area contributed by atoms with E-state index in [9.17, 15) is 4.79 Å². The van der Waals surface area contributed by atoms with E-state index >= 15 is 0 Å². The van der Waals surface area contributed by atoms with Gasteiger partial charge in [0.1, 0.15) is 17.0 Å². The molecule has 2 heterocycles. The maximum Gasteiger partial charge on any atom is 0.255 e. The van der Waals surface area contributed by atoms with Crippen molar-refractivity contribution in [1.29, 1.82) is 0 Å². The largest absolute Gasteiger partial charge is 0.497 e. The lowest BCUT2D eigenvalue weighted by Crippen LogP contribution is -2.40. The van der Waals surface area contributed by atoms with Crippen LogP contribution in [0.4, 0.5) is 0 Å². The molecule has 182 valence electrons. The molecule has 0 radical (unpaired) electrons. The monoisotopic (exact) mass is 484 g/mol. The summed E-state index contributed by atoms with van der Waals surface area (Å²) in [6.07, 6.45) is 7.93. The number of halogens is 1. The highest BCUT2D eigenvalue weighted by atomic mass is 35.5. The van der Waals surface area contributed by atoms with E-state index < -0.39 is 0 Å². The van der Waals surface area contributed by atoms with Gasteiger partial charge in [0.05, 0.1) is 24.8 Å². The molecule has 2 aromatic heterocycles. The standard InChI is InChI=1S/C26H32N4O3.ClH/c1-15-23(26(31)30-18-7-5-17(27)6-8-18)25-24(29-15)21(11-12-28-25)20-10-9-19(32-2)13-22(20)33-14-16-3-4-16;/h9-13,16-18,29H,3-8,14,27H2,1-2H3,(H,30,31);1H/t17-,18+;. The molecule has 4 N–H and O–H groups in total. The molecule has 0 saturated heterocycles. The molecule has 5 rings (SSSR count). The van der Waals surface area contributed by atoms with Crippen LogP contribution in [-0.2, 0) is 0 Å². The first kappa shape index (κ1) is 24.4. The number of carbonyl (C=O) groups excluding carboxylic acids is 1. The second kappa shape index (κ2) is 10.2. The molecular formula is C26H33ClN4O3. The summed E-state index contributed by atoms with van der Waals surface area (Å²) in [5.41, 5.74) is 10.9. The number of hydrogen-bond acceptors (Lipinski definition) is 5. The van der Waals surface area contributed by atoms with Crippen molar-refractivity contribution < 1.29 is 14.3 Å². The number of carbonyl (C=O) groups is 1. The molecule has 0 spiro atoms. The van der Waals surface area contributed by atoms with Gasteiger partial charge in [0.25, 0.3) is 5.91 Å². The minimum atomic E-state index is -0.0798. The maximum atomic E-state index is 13.2. The summed E-state index contributed by atoms with van der Waals surface area (Å²) in [7, 11) is 1.66. The van der Waals surface area contributed by atoms with Crippen LogP contribution in [0.25, 0.3) is 22.2 Å². The second-order valence-electron chi connectivity index (χ2n) is 9.41. The number of nitrogens with zero attached hydrogens (tertiary/aromatic N) is 1. The number of ether oxygens (including phenoxy) is 2. The Bertz CT molecular complexity index is 1170. The topological polar surface area (TPSA) is 102 Å². The lowest BCUT2D eigenvalue weighted by Gasteiger charge is -2.26. The van der Waals surface area contributed by atoms with Crippen LogP contribution in [0.1, 0.15) is 54.6 Å². The molecule has 7 nitrogen and oxygen atoms in total. The van der Waals surface area contributed by atoms with Gasteiger partial charge in [-0.2, -0.15) is 0 Å². The predicted molar refractivity (Wildman–Crippen MR) is 136 cm³/mol. The molecule has 0 atom stereocenters. The Hall–Kier alpha value is -2.77. The molecule has 2 fully saturated rings. The second-order valence-corrected chi connectivity index (χ2v) is 9.41. The van der Waals surface area contributed by atoms with Crippen LogP contribution in [0.5, 0.6) is 11.5 Å². The number of amides is 1. The number of methoxy groups -OCH3 is 1. The van der Waals surface area contributed by atoms with Crippen LogP contribution in [0.2, 0.25) is 0 Å². The first-order valence-electron chi connectivity index (χ1n) is 11.9. The van der Waals surface area contributed by atoms with Gasteiger partial charge >= 0.3 is 0 Å². The number of nitrogens with one attached hydrogen (secondary N) is 2. The fourth-order valence-electron chi connectivity index (χ4n) is 4.69. The van der Waals surface area contributed by atoms with E-state index in [0.717, 1.165) is 59.5 Å². The molecule has 2 aliphatic carbocycles. The minimum absolute atomic E-state index is 0. The molecule has 0 aliphatic heterocycles. The average Bonchev–Trinajstić information content (AvgIpc) is 3.58. The van der Waals surface area contributed by atoms with Crippen LogP contribution in [0.3, 0.4) is 0 Å². The van der Waals surface area contributed by atoms with Crippen molar-refractivity contribution in [2.75, 3.05) is 13.7 Å². The van der Waals surface area contributed by atoms with E-state index in [1.54, 1.807) is 13.3 Å². The Morgan fingerprint density at radius 1 is 1.15 bits per heavy atom. The number of H-pyrrole nitrogens is 1. The maximum absolute atomic E-state index is 13.2. The zero-order chi connectivity index (χ0) is 22.9. The Kier molecular flexibility index (Phi) is 7.33. The fraction of sp³-hybridized carbons (Fsp3) is 0.462. The van der Waals surface area contributed by atoms with Gasteiger partial charge in [-0.05, 0) is 69.6 Å². The van der Waals surface area contributed by atoms with Gasteiger partial charge in [0.2, 0.25) is 0 Å². The Morgan fingerprint density at radius 2 is 1.91 bits per heavy atom. The fourth-order valence-corrected chi connectivity index (χ4v) is 4.69. The molecule has 2 saturated carbocycles. The average molecular weight is 485 g/mol. The molecule has 8 heteroatoms. The molecule has 2 aliphatic rings. The number of aryl methyl sites for hydroxylation is 1. The van der Waals surface area contributed by atoms with E-state index in [0.29, 0.717) is 23.6 Å². The number of benzene rings is 1. The summed E-state index contributed by atoms with van der Waals surface area (Å²) in [4.78, 5) is 21.2. The van der Waals surface area contributed by atoms with Gasteiger partial charge in [-0.1, -0.05) is 0 Å². The van der Waals surface area contributed by atoms with Gasteiger partial charge in [0.15, 0.2) is 0 Å². The molecule has 1 amide bonds. The number of hydrogen-bond donors (Lipinski definition) is 3. The molecular weight excluding hydrogens is 452 g/mol. The van der Waals surface area contributed by atoms with Gasteiger partial charge < -0.3 is 25.5 Å². The van der Waals surface area contributed by atoms with Gasteiger partial charge in [0, 0.05) is 41.2 Å². The highest BCUT2D eigenvalue weighted by Crippen LogP contribution is 2.39. The van der Waals surface area contributed by atoms with Crippen LogP contribution < -0.4 is 20.5 Å². The normalized spacial score (nSPS) is 20.0. The molecule has 34 heavy (non-hydrogen) atoms. The van der Waals surface area contributed by atoms with Crippen molar-refractivity contribution >= 4 is 29.3 Å². The summed E-state index contributed by atoms with van der Waals surface area (Å²) in [6.45, 7) is 2.63. The summed E-state index contributed by atoms with van der Waals surface area (Å²) in [5, 5.41) is 3.20. The van der Waals surface area contributed by atoms with Crippen LogP contribution in [-0.4, -0.2) is 41.7 Å². The molecule has 0 unspecified atom stereocenters. The number of aromatic amines is 1. The Labute approximate surface area is 206 Å². The van der Waals surface area contributed by atoms with E-state index in [-0.39, 0.29) is 30.4 Å². The number of nitrogens with two attached hydrogens (primary N) is 1. The highest BCUT2D eigenvalue weighted by molar-refractivity contribution is 6.09. The zero-order valence-electron chi connectivity index (χ0n) is 19.7. The van der Waals surface area contributed by atoms with Crippen LogP contribution in [0, 0.1) is 12.8 Å². The summed E-state index contributed by atoms with van der Waals surface area (Å²) < 4.78 is 11.6. The number of pyridine rings is 1. The van der Waals surface area contributed by atoms with Crippen LogP contribution >= 0.6 is 12.4 Å². The third-order valence-corrected chi connectivity index (χ3v) is 6.86. The van der Waals surface area contributed by atoms with Gasteiger partial charge in [-0.15, -0.1) is 12.4 Å². The van der Waals surface area contributed by atoms with Crippen LogP contribution in [0.15, 0.2) is 30.5 Å². The number of fused-ring (bicyclic) bond motifs is 1. The first-order chi connectivity index (χ1) is 16.0. The van der Waals surface area contributed by atoms with Crippen molar-refractivity contribution in [3.05, 3.63) is 41.7 Å². The summed E-state index contributed by atoms with van der Waals surface area (Å²) >= 11 is 0. The molecule has 0 bridgehead atoms. The predicted octanol–water partition coefficient (Wildman–Crippen LogP) is 4.76. The van der Waals surface area contributed by atoms with E-state index in [2.05, 4.69) is 15.3 Å². The quantitative estimate of drug-likeness (QED) is 0.448. The van der Waals surface area contributed by atoms with Crippen molar-refractivity contribution in [2.24, 2.45) is 11.7 Å². The highest BCUT2D eigenvalue weighted by Gasteiger charge is 2.26. The zero-order valence-corrected chi connectivity index (χ0v) is 20.5. The van der Waals surface area contributed by atoms with Crippen molar-refractivity contribution in [1.82, 2.24) is 15.3 Å². The summed E-state index contributed by atoms with van der Waals surface area (Å²) in [6, 6.07) is 8.25. The lowest BCUT2D eigenvalue weighted by molar-refractivity contribution is 0.0927. The first-order valence-corrected chi connectivity index (χ1v) is 11.9. The Balaban J connectivity index is 0.00000274. The van der Waals surface area contributed by atoms with E-state index in [1.807, 2.05) is 31.2 Å². The van der Waals surface area contributed by atoms with Crippen molar-refractivity contribution in [2.45, 2.75) is 57.5 Å². The van der Waals surface area contributed by atoms with Gasteiger partial charge in [-0.25, -0.2) is 0 Å². The smallest absolute Gasteiger partial charge is 0.255 e. The van der Waals surface area contributed by atoms with Gasteiger partial charge in [-0.3, -0.25) is 9.78 Å². The number of aromatic nitrogens is 2. The SMILES string of the molecule is COc1ccc(-c2ccnc3c(C(=O)N[C@H]4CC[C@@H](N)CC4)c(C)[nH]c23)c(OCC2CC2)c1.Cl. The Morgan fingerprint density at radius 3 is 2.62 bits per heavy atom. The van der Waals surface area contributed by atoms with Crippen molar-refractivity contribution in [3.63, 3.8) is 0 Å². The third-order valence-electron chi connectivity index (χ3n) is 6.86. The molecule has 3 aromatic rings. The lowest BCUT2D eigenvalue weighted by atomic mass is 9.91. The minimum Gasteiger partial charge on any atom is -0.497 e.